The van der Waals surface area contributed by atoms with Crippen molar-refractivity contribution in [1.82, 2.24) is 4.90 Å². The Labute approximate surface area is 171 Å². The lowest BCUT2D eigenvalue weighted by Crippen LogP contribution is -2.43. The Balaban J connectivity index is 1.57. The summed E-state index contributed by atoms with van der Waals surface area (Å²) >= 11 is 0. The van der Waals surface area contributed by atoms with Crippen molar-refractivity contribution in [3.8, 4) is 0 Å². The van der Waals surface area contributed by atoms with Gasteiger partial charge in [0.2, 0.25) is 0 Å². The highest BCUT2D eigenvalue weighted by molar-refractivity contribution is 7.86. The number of aryl methyl sites for hydroxylation is 1. The molecule has 1 heterocycles. The topological polar surface area (TPSA) is 82.1 Å². The van der Waals surface area contributed by atoms with E-state index in [1.807, 2.05) is 37.3 Å². The van der Waals surface area contributed by atoms with Crippen LogP contribution in [0.15, 0.2) is 59.5 Å². The molecule has 2 aromatic carbocycles. The van der Waals surface area contributed by atoms with Crippen molar-refractivity contribution in [3.05, 3.63) is 65.7 Å². The molecule has 2 aromatic rings. The van der Waals surface area contributed by atoms with E-state index >= 15 is 0 Å². The van der Waals surface area contributed by atoms with E-state index in [-0.39, 0.29) is 24.7 Å². The zero-order valence-corrected chi connectivity index (χ0v) is 17.5. The fourth-order valence-electron chi connectivity index (χ4n) is 3.05. The van der Waals surface area contributed by atoms with Crippen LogP contribution >= 0.6 is 0 Å². The second-order valence-corrected chi connectivity index (χ2v) is 9.00. The lowest BCUT2D eigenvalue weighted by atomic mass is 10.2. The predicted molar refractivity (Wildman–Crippen MR) is 107 cm³/mol. The highest BCUT2D eigenvalue weighted by atomic mass is 32.2. The van der Waals surface area contributed by atoms with E-state index in [0.29, 0.717) is 0 Å². The number of nitrogens with zero attached hydrogens (tertiary/aromatic N) is 1. The van der Waals surface area contributed by atoms with Crippen molar-refractivity contribution < 1.29 is 26.9 Å². The molecule has 29 heavy (non-hydrogen) atoms. The molecule has 0 aromatic heterocycles. The number of hydrogen-bond acceptors (Lipinski definition) is 6. The normalized spacial score (nSPS) is 18.6. The smallest absolute Gasteiger partial charge is 0.412 e. The minimum absolute atomic E-state index is 0.0829. The Morgan fingerprint density at radius 3 is 2.45 bits per heavy atom. The molecule has 1 fully saturated rings. The van der Waals surface area contributed by atoms with Crippen LogP contribution in [-0.2, 0) is 30.4 Å². The van der Waals surface area contributed by atoms with E-state index in [1.54, 1.807) is 26.0 Å². The Morgan fingerprint density at radius 2 is 1.79 bits per heavy atom. The SMILES string of the molecule is Cc1ccc(S(=O)(=O)OC[C@@H]2CN(C(=O)OCc3ccccc3)C(C)(C)O2)cc1. The zero-order valence-electron chi connectivity index (χ0n) is 16.7. The zero-order chi connectivity index (χ0) is 21.1. The van der Waals surface area contributed by atoms with Crippen LogP contribution in [0.25, 0.3) is 0 Å². The van der Waals surface area contributed by atoms with Crippen LogP contribution in [0, 0.1) is 6.92 Å². The average molecular weight is 419 g/mol. The maximum atomic E-state index is 12.5. The van der Waals surface area contributed by atoms with E-state index in [4.69, 9.17) is 13.7 Å². The fourth-order valence-corrected chi connectivity index (χ4v) is 3.99. The molecule has 0 radical (unpaired) electrons. The summed E-state index contributed by atoms with van der Waals surface area (Å²) in [6.07, 6.45) is -1.11. The van der Waals surface area contributed by atoms with Gasteiger partial charge < -0.3 is 9.47 Å². The molecule has 1 amide bonds. The number of ether oxygens (including phenoxy) is 2. The number of amides is 1. The molecular weight excluding hydrogens is 394 g/mol. The maximum Gasteiger partial charge on any atom is 0.412 e. The molecule has 1 saturated heterocycles. The molecule has 0 spiro atoms. The monoisotopic (exact) mass is 419 g/mol. The molecule has 0 bridgehead atoms. The Morgan fingerprint density at radius 1 is 1.14 bits per heavy atom. The van der Waals surface area contributed by atoms with Crippen molar-refractivity contribution in [2.75, 3.05) is 13.2 Å². The van der Waals surface area contributed by atoms with E-state index in [1.165, 1.54) is 17.0 Å². The summed E-state index contributed by atoms with van der Waals surface area (Å²) < 4.78 is 41.1. The third kappa shape index (κ3) is 5.35. The van der Waals surface area contributed by atoms with Crippen LogP contribution in [-0.4, -0.2) is 44.4 Å². The van der Waals surface area contributed by atoms with Gasteiger partial charge in [-0.05, 0) is 38.5 Å². The maximum absolute atomic E-state index is 12.5. The molecule has 8 heteroatoms. The van der Waals surface area contributed by atoms with E-state index in [9.17, 15) is 13.2 Å². The van der Waals surface area contributed by atoms with Crippen molar-refractivity contribution in [3.63, 3.8) is 0 Å². The quantitative estimate of drug-likeness (QED) is 0.667. The fraction of sp³-hybridized carbons (Fsp3) is 0.381. The van der Waals surface area contributed by atoms with Crippen molar-refractivity contribution >= 4 is 16.2 Å². The number of carbonyl (C=O) groups excluding carboxylic acids is 1. The first-order valence-electron chi connectivity index (χ1n) is 9.30. The molecule has 0 N–H and O–H groups in total. The van der Waals surface area contributed by atoms with Crippen LogP contribution in [0.3, 0.4) is 0 Å². The number of rotatable bonds is 6. The molecular formula is C21H25NO6S. The van der Waals surface area contributed by atoms with Gasteiger partial charge in [-0.3, -0.25) is 9.08 Å². The molecule has 156 valence electrons. The molecule has 0 aliphatic carbocycles. The molecule has 3 rings (SSSR count). The second kappa shape index (κ2) is 8.52. The summed E-state index contributed by atoms with van der Waals surface area (Å²) in [6, 6.07) is 15.8. The van der Waals surface area contributed by atoms with Gasteiger partial charge in [0.15, 0.2) is 0 Å². The van der Waals surface area contributed by atoms with Crippen molar-refractivity contribution in [1.29, 1.82) is 0 Å². The third-order valence-electron chi connectivity index (χ3n) is 4.64. The largest absolute Gasteiger partial charge is 0.444 e. The van der Waals surface area contributed by atoms with E-state index in [0.717, 1.165) is 11.1 Å². The number of carbonyl (C=O) groups is 1. The van der Waals surface area contributed by atoms with Crippen molar-refractivity contribution in [2.45, 2.75) is 44.1 Å². The van der Waals surface area contributed by atoms with Crippen LogP contribution < -0.4 is 0 Å². The molecule has 0 saturated carbocycles. The van der Waals surface area contributed by atoms with Gasteiger partial charge in [-0.25, -0.2) is 4.79 Å². The summed E-state index contributed by atoms with van der Waals surface area (Å²) in [5.41, 5.74) is 0.896. The molecule has 1 aliphatic rings. The van der Waals surface area contributed by atoms with E-state index < -0.39 is 28.0 Å². The Kier molecular flexibility index (Phi) is 6.26. The molecule has 0 unspecified atom stereocenters. The second-order valence-electron chi connectivity index (χ2n) is 7.39. The standard InChI is InChI=1S/C21H25NO6S/c1-16-9-11-19(12-10-16)29(24,25)27-15-18-13-22(21(2,3)28-18)20(23)26-14-17-7-5-4-6-8-17/h4-12,18H,13-15H2,1-3H3/t18-/m0/s1. The summed E-state index contributed by atoms with van der Waals surface area (Å²) in [4.78, 5) is 14.0. The van der Waals surface area contributed by atoms with Gasteiger partial charge in [0.05, 0.1) is 18.0 Å². The van der Waals surface area contributed by atoms with Crippen LogP contribution in [0.2, 0.25) is 0 Å². The number of benzene rings is 2. The highest BCUT2D eigenvalue weighted by Crippen LogP contribution is 2.28. The van der Waals surface area contributed by atoms with Gasteiger partial charge in [-0.2, -0.15) is 8.42 Å². The van der Waals surface area contributed by atoms with Crippen LogP contribution in [0.1, 0.15) is 25.0 Å². The lowest BCUT2D eigenvalue weighted by molar-refractivity contribution is -0.0779. The minimum Gasteiger partial charge on any atom is -0.444 e. The van der Waals surface area contributed by atoms with Gasteiger partial charge in [-0.1, -0.05) is 48.0 Å². The van der Waals surface area contributed by atoms with Crippen LogP contribution in [0.5, 0.6) is 0 Å². The molecule has 1 aliphatic heterocycles. The first-order chi connectivity index (χ1) is 13.7. The minimum atomic E-state index is -3.90. The Bertz CT molecular complexity index is 941. The lowest BCUT2D eigenvalue weighted by Gasteiger charge is -2.28. The van der Waals surface area contributed by atoms with Gasteiger partial charge in [-0.15, -0.1) is 0 Å². The van der Waals surface area contributed by atoms with Crippen LogP contribution in [0.4, 0.5) is 4.79 Å². The average Bonchev–Trinajstić information content (AvgIpc) is 3.00. The van der Waals surface area contributed by atoms with Gasteiger partial charge >= 0.3 is 6.09 Å². The summed E-state index contributed by atoms with van der Waals surface area (Å²) in [6.45, 7) is 5.45. The summed E-state index contributed by atoms with van der Waals surface area (Å²) in [5, 5.41) is 0. The first-order valence-corrected chi connectivity index (χ1v) is 10.7. The van der Waals surface area contributed by atoms with Gasteiger partial charge in [0.1, 0.15) is 18.4 Å². The first kappa shape index (κ1) is 21.3. The third-order valence-corrected chi connectivity index (χ3v) is 5.93. The molecule has 1 atom stereocenters. The Hall–Kier alpha value is -2.42. The highest BCUT2D eigenvalue weighted by Gasteiger charge is 2.43. The summed E-state index contributed by atoms with van der Waals surface area (Å²) in [7, 11) is -3.90. The van der Waals surface area contributed by atoms with Gasteiger partial charge in [0, 0.05) is 0 Å². The van der Waals surface area contributed by atoms with E-state index in [2.05, 4.69) is 0 Å². The summed E-state index contributed by atoms with van der Waals surface area (Å²) in [5.74, 6) is 0. The van der Waals surface area contributed by atoms with Gasteiger partial charge in [0.25, 0.3) is 10.1 Å². The van der Waals surface area contributed by atoms with Crippen molar-refractivity contribution in [2.24, 2.45) is 0 Å². The molecule has 7 nitrogen and oxygen atoms in total. The predicted octanol–water partition coefficient (Wildman–Crippen LogP) is 3.47. The number of hydrogen-bond donors (Lipinski definition) is 0.